The van der Waals surface area contributed by atoms with Crippen molar-refractivity contribution in [1.29, 1.82) is 0 Å². The minimum absolute atomic E-state index is 0.000514. The fourth-order valence-corrected chi connectivity index (χ4v) is 5.34. The Morgan fingerprint density at radius 2 is 1.76 bits per heavy atom. The number of ether oxygens (including phenoxy) is 5. The van der Waals surface area contributed by atoms with Gasteiger partial charge in [-0.3, -0.25) is 0 Å². The molecule has 2 heterocycles. The van der Waals surface area contributed by atoms with Crippen molar-refractivity contribution in [3.8, 4) is 0 Å². The number of piperidine rings is 1. The van der Waals surface area contributed by atoms with Gasteiger partial charge in [-0.25, -0.2) is 0 Å². The molecule has 2 N–H and O–H groups in total. The zero-order valence-electron chi connectivity index (χ0n) is 20.0. The van der Waals surface area contributed by atoms with Crippen LogP contribution >= 0.6 is 0 Å². The van der Waals surface area contributed by atoms with Crippen molar-refractivity contribution >= 4 is 0 Å². The molecule has 8 heteroatoms. The number of aliphatic hydroxyl groups excluding tert-OH is 1. The molecule has 186 valence electrons. The molecule has 1 aliphatic carbocycles. The number of benzene rings is 1. The maximum Gasteiger partial charge on any atom is 0.170 e. The summed E-state index contributed by atoms with van der Waals surface area (Å²) in [6.45, 7) is 5.55. The summed E-state index contributed by atoms with van der Waals surface area (Å²) in [6.07, 6.45) is 3.23. The van der Waals surface area contributed by atoms with Crippen LogP contribution in [0.1, 0.15) is 49.0 Å². The third-order valence-corrected chi connectivity index (χ3v) is 7.00. The Hall–Kier alpha value is -1.10. The van der Waals surface area contributed by atoms with E-state index in [9.17, 15) is 5.11 Å². The van der Waals surface area contributed by atoms with Crippen LogP contribution in [0.4, 0.5) is 0 Å². The molecular weight excluding hydrogens is 424 g/mol. The molecular formula is C25H40N2O6. The Morgan fingerprint density at radius 1 is 1.06 bits per heavy atom. The maximum absolute atomic E-state index is 10.0. The number of hydrogen-bond acceptors (Lipinski definition) is 8. The van der Waals surface area contributed by atoms with Crippen LogP contribution in [0.25, 0.3) is 0 Å². The summed E-state index contributed by atoms with van der Waals surface area (Å²) in [5, 5.41) is 13.5. The lowest BCUT2D eigenvalue weighted by atomic mass is 9.85. The number of nitrogens with one attached hydrogen (secondary N) is 1. The number of fused-ring (bicyclic) bond motifs is 1. The molecule has 0 amide bonds. The Kier molecular flexibility index (Phi) is 9.12. The van der Waals surface area contributed by atoms with Gasteiger partial charge in [-0.15, -0.1) is 0 Å². The van der Waals surface area contributed by atoms with Crippen LogP contribution in [0.3, 0.4) is 0 Å². The van der Waals surface area contributed by atoms with E-state index in [-0.39, 0.29) is 24.0 Å². The average Bonchev–Trinajstić information content (AvgIpc) is 3.28. The molecule has 8 nitrogen and oxygen atoms in total. The topological polar surface area (TPSA) is 81.7 Å². The highest BCUT2D eigenvalue weighted by atomic mass is 16.7. The number of rotatable bonds is 11. The SMILES string of the molecule is COCC(O)CN[C@@H]1CCC(OC(COC)CN2CCC3(CC2)OCCO3)c2ccccc21. The number of nitrogens with zero attached hydrogens (tertiary/aromatic N) is 1. The predicted octanol–water partition coefficient (Wildman–Crippen LogP) is 2.03. The lowest BCUT2D eigenvalue weighted by molar-refractivity contribution is -0.188. The van der Waals surface area contributed by atoms with Gasteiger partial charge >= 0.3 is 0 Å². The van der Waals surface area contributed by atoms with E-state index >= 15 is 0 Å². The minimum Gasteiger partial charge on any atom is -0.389 e. The van der Waals surface area contributed by atoms with Gasteiger partial charge in [-0.05, 0) is 24.0 Å². The van der Waals surface area contributed by atoms with E-state index in [1.54, 1.807) is 14.2 Å². The Balaban J connectivity index is 1.35. The zero-order valence-corrected chi connectivity index (χ0v) is 20.0. The normalized spacial score (nSPS) is 26.9. The summed E-state index contributed by atoms with van der Waals surface area (Å²) < 4.78 is 29.0. The van der Waals surface area contributed by atoms with Gasteiger partial charge in [0.1, 0.15) is 0 Å². The fourth-order valence-electron chi connectivity index (χ4n) is 5.34. The van der Waals surface area contributed by atoms with E-state index in [2.05, 4.69) is 34.5 Å². The molecule has 2 fully saturated rings. The van der Waals surface area contributed by atoms with Crippen LogP contribution < -0.4 is 5.32 Å². The summed E-state index contributed by atoms with van der Waals surface area (Å²) in [7, 11) is 3.34. The molecule has 4 rings (SSSR count). The second-order valence-corrected chi connectivity index (χ2v) is 9.39. The van der Waals surface area contributed by atoms with Gasteiger partial charge in [0, 0.05) is 59.3 Å². The maximum atomic E-state index is 10.0. The van der Waals surface area contributed by atoms with Gasteiger partial charge in [0.05, 0.1) is 44.7 Å². The van der Waals surface area contributed by atoms with Crippen LogP contribution in [0.15, 0.2) is 24.3 Å². The summed E-state index contributed by atoms with van der Waals surface area (Å²) in [4.78, 5) is 2.44. The summed E-state index contributed by atoms with van der Waals surface area (Å²) in [5.41, 5.74) is 2.49. The van der Waals surface area contributed by atoms with Gasteiger partial charge < -0.3 is 39.0 Å². The summed E-state index contributed by atoms with van der Waals surface area (Å²) in [6, 6.07) is 8.70. The molecule has 2 saturated heterocycles. The fraction of sp³-hybridized carbons (Fsp3) is 0.760. The van der Waals surface area contributed by atoms with E-state index in [1.807, 2.05) is 0 Å². The van der Waals surface area contributed by atoms with Crippen LogP contribution in [0, 0.1) is 0 Å². The predicted molar refractivity (Wildman–Crippen MR) is 124 cm³/mol. The Bertz CT molecular complexity index is 719. The van der Waals surface area contributed by atoms with Gasteiger partial charge in [-0.2, -0.15) is 0 Å². The number of likely N-dealkylation sites (tertiary alicyclic amines) is 1. The molecule has 4 atom stereocenters. The van der Waals surface area contributed by atoms with Crippen molar-refractivity contribution < 1.29 is 28.8 Å². The molecule has 2 aliphatic heterocycles. The standard InChI is InChI=1S/C25H40N2O6/c1-29-17-19(28)15-26-23-7-8-24(22-6-4-3-5-21(22)23)33-20(18-30-2)16-27-11-9-25(10-12-27)31-13-14-32-25/h3-6,19-20,23-24,26,28H,7-18H2,1-2H3/t19?,20?,23-,24?/m1/s1. The lowest BCUT2D eigenvalue weighted by Crippen LogP contribution is -2.48. The third kappa shape index (κ3) is 6.52. The molecule has 0 radical (unpaired) electrons. The number of hydrogen-bond donors (Lipinski definition) is 2. The molecule has 33 heavy (non-hydrogen) atoms. The second kappa shape index (κ2) is 12.0. The largest absolute Gasteiger partial charge is 0.389 e. The molecule has 0 aromatic heterocycles. The first kappa shape index (κ1) is 25.0. The highest BCUT2D eigenvalue weighted by Gasteiger charge is 2.40. The van der Waals surface area contributed by atoms with Crippen molar-refractivity contribution in [3.63, 3.8) is 0 Å². The number of aliphatic hydroxyl groups is 1. The van der Waals surface area contributed by atoms with E-state index in [0.717, 1.165) is 45.3 Å². The quantitative estimate of drug-likeness (QED) is 0.515. The molecule has 1 spiro atoms. The van der Waals surface area contributed by atoms with Crippen molar-refractivity contribution in [2.75, 3.05) is 66.8 Å². The number of methoxy groups -OCH3 is 2. The van der Waals surface area contributed by atoms with Crippen LogP contribution in [-0.2, 0) is 23.7 Å². The average molecular weight is 465 g/mol. The first-order chi connectivity index (χ1) is 16.1. The smallest absolute Gasteiger partial charge is 0.170 e. The molecule has 1 aromatic rings. The Morgan fingerprint density at radius 3 is 2.45 bits per heavy atom. The van der Waals surface area contributed by atoms with Crippen LogP contribution in [0.2, 0.25) is 0 Å². The van der Waals surface area contributed by atoms with E-state index < -0.39 is 6.10 Å². The summed E-state index contributed by atoms with van der Waals surface area (Å²) in [5.74, 6) is -0.352. The van der Waals surface area contributed by atoms with E-state index in [4.69, 9.17) is 23.7 Å². The van der Waals surface area contributed by atoms with Gasteiger partial charge in [0.15, 0.2) is 5.79 Å². The Labute approximate surface area is 197 Å². The van der Waals surface area contributed by atoms with Crippen molar-refractivity contribution in [3.05, 3.63) is 35.4 Å². The summed E-state index contributed by atoms with van der Waals surface area (Å²) >= 11 is 0. The van der Waals surface area contributed by atoms with Gasteiger partial charge in [-0.1, -0.05) is 24.3 Å². The minimum atomic E-state index is -0.508. The van der Waals surface area contributed by atoms with Crippen LogP contribution in [0.5, 0.6) is 0 Å². The second-order valence-electron chi connectivity index (χ2n) is 9.39. The van der Waals surface area contributed by atoms with Crippen LogP contribution in [-0.4, -0.2) is 94.8 Å². The van der Waals surface area contributed by atoms with Crippen molar-refractivity contribution in [2.45, 2.75) is 55.8 Å². The van der Waals surface area contributed by atoms with E-state index in [0.29, 0.717) is 33.0 Å². The molecule has 3 unspecified atom stereocenters. The lowest BCUT2D eigenvalue weighted by Gasteiger charge is -2.40. The highest BCUT2D eigenvalue weighted by molar-refractivity contribution is 5.34. The van der Waals surface area contributed by atoms with Crippen molar-refractivity contribution in [1.82, 2.24) is 10.2 Å². The molecule has 0 saturated carbocycles. The highest BCUT2D eigenvalue weighted by Crippen LogP contribution is 2.39. The first-order valence-corrected chi connectivity index (χ1v) is 12.3. The monoisotopic (exact) mass is 464 g/mol. The first-order valence-electron chi connectivity index (χ1n) is 12.3. The zero-order chi connectivity index (χ0) is 23.1. The van der Waals surface area contributed by atoms with Gasteiger partial charge in [0.2, 0.25) is 0 Å². The van der Waals surface area contributed by atoms with Gasteiger partial charge in [0.25, 0.3) is 0 Å². The molecule has 0 bridgehead atoms. The molecule has 1 aromatic carbocycles. The van der Waals surface area contributed by atoms with Crippen molar-refractivity contribution in [2.24, 2.45) is 0 Å². The van der Waals surface area contributed by atoms with E-state index in [1.165, 1.54) is 11.1 Å². The molecule has 3 aliphatic rings. The third-order valence-electron chi connectivity index (χ3n) is 7.00.